The molecular formula is C12H9F2NO2S. The average Bonchev–Trinajstić information content (AvgIpc) is 2.78. The number of ether oxygens (including phenoxy) is 1. The van der Waals surface area contributed by atoms with Gasteiger partial charge in [0.2, 0.25) is 5.01 Å². The highest BCUT2D eigenvalue weighted by atomic mass is 32.1. The first kappa shape index (κ1) is 12.6. The number of thiazole rings is 1. The van der Waals surface area contributed by atoms with Gasteiger partial charge in [-0.3, -0.25) is 0 Å². The highest BCUT2D eigenvalue weighted by molar-refractivity contribution is 7.11. The van der Waals surface area contributed by atoms with Crippen LogP contribution >= 0.6 is 11.3 Å². The van der Waals surface area contributed by atoms with E-state index in [1.165, 1.54) is 11.4 Å². The second-order valence-electron chi connectivity index (χ2n) is 3.36. The minimum absolute atomic E-state index is 0.0782. The van der Waals surface area contributed by atoms with Crippen molar-refractivity contribution in [1.29, 1.82) is 0 Å². The molecule has 1 heterocycles. The first-order valence-corrected chi connectivity index (χ1v) is 6.08. The molecule has 0 aliphatic heterocycles. The molecule has 0 saturated carbocycles. The van der Waals surface area contributed by atoms with Crippen molar-refractivity contribution in [3.63, 3.8) is 0 Å². The minimum atomic E-state index is -0.712. The predicted octanol–water partition coefficient (Wildman–Crippen LogP) is 3.27. The van der Waals surface area contributed by atoms with Crippen LogP contribution in [0.25, 0.3) is 11.3 Å². The number of esters is 1. The third-order valence-electron chi connectivity index (χ3n) is 2.17. The lowest BCUT2D eigenvalue weighted by Crippen LogP contribution is -2.04. The van der Waals surface area contributed by atoms with Gasteiger partial charge in [-0.2, -0.15) is 0 Å². The summed E-state index contributed by atoms with van der Waals surface area (Å²) in [6, 6.07) is 3.55. The van der Waals surface area contributed by atoms with Crippen LogP contribution in [0.2, 0.25) is 0 Å². The zero-order chi connectivity index (χ0) is 13.1. The topological polar surface area (TPSA) is 39.2 Å². The summed E-state index contributed by atoms with van der Waals surface area (Å²) >= 11 is 0.991. The summed E-state index contributed by atoms with van der Waals surface area (Å²) in [7, 11) is 0. The summed E-state index contributed by atoms with van der Waals surface area (Å²) in [5.74, 6) is -2.02. The third-order valence-corrected chi connectivity index (χ3v) is 3.00. The molecule has 0 aliphatic carbocycles. The van der Waals surface area contributed by atoms with Crippen molar-refractivity contribution in [3.05, 3.63) is 40.2 Å². The van der Waals surface area contributed by atoms with Gasteiger partial charge in [-0.15, -0.1) is 11.3 Å². The largest absolute Gasteiger partial charge is 0.461 e. The van der Waals surface area contributed by atoms with E-state index in [1.54, 1.807) is 6.92 Å². The molecule has 0 spiro atoms. The van der Waals surface area contributed by atoms with Crippen molar-refractivity contribution < 1.29 is 18.3 Å². The number of hydrogen-bond acceptors (Lipinski definition) is 4. The smallest absolute Gasteiger partial charge is 0.367 e. The van der Waals surface area contributed by atoms with Crippen molar-refractivity contribution in [1.82, 2.24) is 4.98 Å². The molecule has 94 valence electrons. The zero-order valence-electron chi connectivity index (χ0n) is 9.44. The highest BCUT2D eigenvalue weighted by Gasteiger charge is 2.17. The van der Waals surface area contributed by atoms with Crippen LogP contribution in [0.3, 0.4) is 0 Å². The quantitative estimate of drug-likeness (QED) is 0.803. The predicted molar refractivity (Wildman–Crippen MR) is 63.4 cm³/mol. The van der Waals surface area contributed by atoms with Gasteiger partial charge in [-0.25, -0.2) is 18.6 Å². The molecule has 0 radical (unpaired) electrons. The highest BCUT2D eigenvalue weighted by Crippen LogP contribution is 2.27. The summed E-state index contributed by atoms with van der Waals surface area (Å²) in [6.45, 7) is 1.89. The van der Waals surface area contributed by atoms with Gasteiger partial charge in [0, 0.05) is 5.38 Å². The Labute approximate surface area is 106 Å². The molecule has 2 aromatic rings. The van der Waals surface area contributed by atoms with E-state index in [4.69, 9.17) is 4.74 Å². The summed E-state index contributed by atoms with van der Waals surface area (Å²) < 4.78 is 31.8. The number of aromatic nitrogens is 1. The van der Waals surface area contributed by atoms with Gasteiger partial charge < -0.3 is 4.74 Å². The molecule has 0 unspecified atom stereocenters. The van der Waals surface area contributed by atoms with Crippen molar-refractivity contribution in [2.45, 2.75) is 6.92 Å². The number of benzene rings is 1. The molecule has 0 bridgehead atoms. The summed E-state index contributed by atoms with van der Waals surface area (Å²) in [5.41, 5.74) is -0.136. The van der Waals surface area contributed by atoms with Crippen LogP contribution in [0.5, 0.6) is 0 Å². The van der Waals surface area contributed by atoms with E-state index < -0.39 is 17.6 Å². The normalized spacial score (nSPS) is 10.4. The maximum absolute atomic E-state index is 13.5. The Bertz CT molecular complexity index is 563. The van der Waals surface area contributed by atoms with E-state index in [-0.39, 0.29) is 22.9 Å². The molecule has 6 heteroatoms. The summed E-state index contributed by atoms with van der Waals surface area (Å²) in [5, 5.41) is 1.50. The second-order valence-corrected chi connectivity index (χ2v) is 4.21. The Morgan fingerprint density at radius 1 is 1.39 bits per heavy atom. The molecule has 0 atom stereocenters. The van der Waals surface area contributed by atoms with Crippen LogP contribution in [0, 0.1) is 11.6 Å². The van der Waals surface area contributed by atoms with E-state index >= 15 is 0 Å². The van der Waals surface area contributed by atoms with E-state index in [1.807, 2.05) is 0 Å². The molecular weight excluding hydrogens is 260 g/mol. The van der Waals surface area contributed by atoms with Gasteiger partial charge in [0.05, 0.1) is 17.9 Å². The fourth-order valence-electron chi connectivity index (χ4n) is 1.42. The molecule has 3 nitrogen and oxygen atoms in total. The molecule has 2 rings (SSSR count). The monoisotopic (exact) mass is 269 g/mol. The maximum atomic E-state index is 13.5. The molecule has 0 aliphatic rings. The first-order valence-electron chi connectivity index (χ1n) is 5.20. The number of halogens is 2. The van der Waals surface area contributed by atoms with Gasteiger partial charge in [0.1, 0.15) is 11.6 Å². The fraction of sp³-hybridized carbons (Fsp3) is 0.167. The molecule has 0 amide bonds. The van der Waals surface area contributed by atoms with Gasteiger partial charge in [0.25, 0.3) is 0 Å². The Kier molecular flexibility index (Phi) is 3.66. The Morgan fingerprint density at radius 2 is 2.06 bits per heavy atom. The van der Waals surface area contributed by atoms with Crippen molar-refractivity contribution >= 4 is 17.3 Å². The third kappa shape index (κ3) is 2.38. The molecule has 0 fully saturated rings. The van der Waals surface area contributed by atoms with Crippen molar-refractivity contribution in [2.24, 2.45) is 0 Å². The van der Waals surface area contributed by atoms with Gasteiger partial charge >= 0.3 is 5.97 Å². The zero-order valence-corrected chi connectivity index (χ0v) is 10.3. The molecule has 1 aromatic carbocycles. The Morgan fingerprint density at radius 3 is 2.67 bits per heavy atom. The van der Waals surface area contributed by atoms with E-state index in [0.29, 0.717) is 0 Å². The van der Waals surface area contributed by atoms with Crippen LogP contribution < -0.4 is 0 Å². The molecule has 0 N–H and O–H groups in total. The summed E-state index contributed by atoms with van der Waals surface area (Å²) in [6.07, 6.45) is 0. The van der Waals surface area contributed by atoms with Crippen LogP contribution in [-0.2, 0) is 4.74 Å². The number of nitrogens with zero attached hydrogens (tertiary/aromatic N) is 1. The maximum Gasteiger partial charge on any atom is 0.367 e. The Hall–Kier alpha value is -1.82. The molecule has 18 heavy (non-hydrogen) atoms. The van der Waals surface area contributed by atoms with Gasteiger partial charge in [-0.05, 0) is 19.1 Å². The van der Waals surface area contributed by atoms with E-state index in [0.717, 1.165) is 23.5 Å². The van der Waals surface area contributed by atoms with E-state index in [9.17, 15) is 13.6 Å². The van der Waals surface area contributed by atoms with Crippen LogP contribution in [0.4, 0.5) is 8.78 Å². The van der Waals surface area contributed by atoms with Crippen LogP contribution in [0.1, 0.15) is 16.7 Å². The molecule has 1 aromatic heterocycles. The average molecular weight is 269 g/mol. The first-order chi connectivity index (χ1) is 8.63. The van der Waals surface area contributed by atoms with Crippen molar-refractivity contribution in [2.75, 3.05) is 6.61 Å². The van der Waals surface area contributed by atoms with Crippen LogP contribution in [0.15, 0.2) is 23.6 Å². The van der Waals surface area contributed by atoms with Crippen molar-refractivity contribution in [3.8, 4) is 11.3 Å². The molecule has 0 saturated heterocycles. The lowest BCUT2D eigenvalue weighted by molar-refractivity contribution is 0.0526. The standard InChI is InChI=1S/C12H9F2NO2S/c1-2-17-12(16)11-15-9(6-18-11)10-7(13)4-3-5-8(10)14/h3-6H,2H2,1H3. The number of rotatable bonds is 3. The lowest BCUT2D eigenvalue weighted by atomic mass is 10.1. The van der Waals surface area contributed by atoms with Gasteiger partial charge in [0.15, 0.2) is 0 Å². The Balaban J connectivity index is 2.38. The van der Waals surface area contributed by atoms with Crippen LogP contribution in [-0.4, -0.2) is 17.6 Å². The minimum Gasteiger partial charge on any atom is -0.461 e. The SMILES string of the molecule is CCOC(=O)c1nc(-c2c(F)cccc2F)cs1. The summed E-state index contributed by atoms with van der Waals surface area (Å²) in [4.78, 5) is 15.3. The number of carbonyl (C=O) groups is 1. The number of hydrogen-bond donors (Lipinski definition) is 0. The fourth-order valence-corrected chi connectivity index (χ4v) is 2.12. The number of carbonyl (C=O) groups excluding carboxylic acids is 1. The lowest BCUT2D eigenvalue weighted by Gasteiger charge is -2.00. The van der Waals surface area contributed by atoms with Gasteiger partial charge in [-0.1, -0.05) is 6.07 Å². The van der Waals surface area contributed by atoms with E-state index in [2.05, 4.69) is 4.98 Å². The second kappa shape index (κ2) is 5.22.